The minimum atomic E-state index is -3.98. The van der Waals surface area contributed by atoms with Crippen LogP contribution in [0.25, 0.3) is 0 Å². The molecule has 2 aromatic carbocycles. The topological polar surface area (TPSA) is 89.3 Å². The number of rotatable bonds is 4. The normalized spacial score (nSPS) is 12.7. The van der Waals surface area contributed by atoms with Gasteiger partial charge in [-0.15, -0.1) is 0 Å². The maximum atomic E-state index is 12.2. The number of carbonyl (C=O) groups excluding carboxylic acids is 1. The summed E-state index contributed by atoms with van der Waals surface area (Å²) in [5.41, 5.74) is 1.12. The van der Waals surface area contributed by atoms with Crippen LogP contribution >= 0.6 is 11.6 Å². The number of nitrogens with two attached hydrogens (primary N) is 1. The molecule has 2 aromatic rings. The average molecular weight is 339 g/mol. The minimum Gasteiger partial charge on any atom is -0.346 e. The highest BCUT2D eigenvalue weighted by Crippen LogP contribution is 2.22. The number of nitrogens with one attached hydrogen (secondary N) is 1. The van der Waals surface area contributed by atoms with Gasteiger partial charge in [-0.2, -0.15) is 0 Å². The van der Waals surface area contributed by atoms with Crippen LogP contribution in [0.4, 0.5) is 0 Å². The maximum Gasteiger partial charge on any atom is 0.251 e. The van der Waals surface area contributed by atoms with Crippen LogP contribution < -0.4 is 10.5 Å². The predicted octanol–water partition coefficient (Wildman–Crippen LogP) is 2.48. The molecule has 0 saturated carbocycles. The van der Waals surface area contributed by atoms with Crippen molar-refractivity contribution in [1.82, 2.24) is 5.32 Å². The molecule has 116 valence electrons. The molecule has 0 saturated heterocycles. The minimum absolute atomic E-state index is 0.0184. The van der Waals surface area contributed by atoms with Crippen molar-refractivity contribution in [1.29, 1.82) is 0 Å². The van der Waals surface area contributed by atoms with Gasteiger partial charge in [0.25, 0.3) is 5.91 Å². The van der Waals surface area contributed by atoms with E-state index in [2.05, 4.69) is 5.32 Å². The standard InChI is InChI=1S/C15H15ClN2O3S/c1-10(11-5-3-2-4-6-11)18-15(19)12-7-8-13(16)14(9-12)22(17,20)21/h2-10H,1H3,(H,18,19)(H2,17,20,21)/t10-/m0/s1. The second-order valence-corrected chi connectivity index (χ2v) is 6.73. The number of hydrogen-bond acceptors (Lipinski definition) is 3. The number of halogens is 1. The first kappa shape index (κ1) is 16.5. The zero-order valence-electron chi connectivity index (χ0n) is 11.8. The Bertz CT molecular complexity index is 792. The van der Waals surface area contributed by atoms with Gasteiger partial charge >= 0.3 is 0 Å². The van der Waals surface area contributed by atoms with Crippen molar-refractivity contribution in [2.75, 3.05) is 0 Å². The van der Waals surface area contributed by atoms with Crippen LogP contribution in [0.3, 0.4) is 0 Å². The van der Waals surface area contributed by atoms with Crippen molar-refractivity contribution in [2.45, 2.75) is 17.9 Å². The van der Waals surface area contributed by atoms with E-state index in [1.807, 2.05) is 37.3 Å². The van der Waals surface area contributed by atoms with E-state index >= 15 is 0 Å². The van der Waals surface area contributed by atoms with Gasteiger partial charge < -0.3 is 5.32 Å². The van der Waals surface area contributed by atoms with Crippen molar-refractivity contribution < 1.29 is 13.2 Å². The summed E-state index contributed by atoms with van der Waals surface area (Å²) in [6.45, 7) is 1.84. The number of hydrogen-bond donors (Lipinski definition) is 2. The molecular formula is C15H15ClN2O3S. The Kier molecular flexibility index (Phi) is 4.85. The number of amides is 1. The Morgan fingerprint density at radius 2 is 1.82 bits per heavy atom. The molecule has 0 bridgehead atoms. The van der Waals surface area contributed by atoms with Crippen LogP contribution in [0.5, 0.6) is 0 Å². The Labute approximate surface area is 134 Å². The van der Waals surface area contributed by atoms with Gasteiger partial charge in [-0.05, 0) is 30.7 Å². The van der Waals surface area contributed by atoms with Gasteiger partial charge in [0.2, 0.25) is 10.0 Å². The highest BCUT2D eigenvalue weighted by Gasteiger charge is 2.17. The summed E-state index contributed by atoms with van der Waals surface area (Å²) in [5.74, 6) is -0.405. The monoisotopic (exact) mass is 338 g/mol. The van der Waals surface area contributed by atoms with E-state index in [0.29, 0.717) is 0 Å². The Balaban J connectivity index is 2.24. The molecule has 22 heavy (non-hydrogen) atoms. The zero-order chi connectivity index (χ0) is 16.3. The van der Waals surface area contributed by atoms with Crippen LogP contribution in [-0.4, -0.2) is 14.3 Å². The van der Waals surface area contributed by atoms with E-state index in [1.165, 1.54) is 18.2 Å². The molecule has 5 nitrogen and oxygen atoms in total. The third-order valence-electron chi connectivity index (χ3n) is 3.15. The van der Waals surface area contributed by atoms with E-state index < -0.39 is 15.9 Å². The van der Waals surface area contributed by atoms with Crippen molar-refractivity contribution in [3.05, 3.63) is 64.7 Å². The molecule has 7 heteroatoms. The quantitative estimate of drug-likeness (QED) is 0.897. The molecule has 0 aromatic heterocycles. The summed E-state index contributed by atoms with van der Waals surface area (Å²) < 4.78 is 22.9. The molecule has 0 aliphatic carbocycles. The smallest absolute Gasteiger partial charge is 0.251 e. The lowest BCUT2D eigenvalue weighted by molar-refractivity contribution is 0.0939. The van der Waals surface area contributed by atoms with Crippen LogP contribution in [0.15, 0.2) is 53.4 Å². The van der Waals surface area contributed by atoms with Crippen molar-refractivity contribution >= 4 is 27.5 Å². The van der Waals surface area contributed by atoms with Gasteiger partial charge in [0, 0.05) is 5.56 Å². The van der Waals surface area contributed by atoms with E-state index in [4.69, 9.17) is 16.7 Å². The molecule has 3 N–H and O–H groups in total. The Morgan fingerprint density at radius 1 is 1.18 bits per heavy atom. The third-order valence-corrected chi connectivity index (χ3v) is 4.54. The lowest BCUT2D eigenvalue weighted by atomic mass is 10.1. The molecule has 0 radical (unpaired) electrons. The zero-order valence-corrected chi connectivity index (χ0v) is 13.4. The van der Waals surface area contributed by atoms with Crippen LogP contribution in [0, 0.1) is 0 Å². The van der Waals surface area contributed by atoms with Gasteiger partial charge in [0.15, 0.2) is 0 Å². The number of primary sulfonamides is 1. The Hall–Kier alpha value is -1.89. The van der Waals surface area contributed by atoms with Crippen molar-refractivity contribution in [2.24, 2.45) is 5.14 Å². The molecule has 2 rings (SSSR count). The second-order valence-electron chi connectivity index (χ2n) is 4.80. The van der Waals surface area contributed by atoms with Gasteiger partial charge in [-0.1, -0.05) is 41.9 Å². The fourth-order valence-corrected chi connectivity index (χ4v) is 3.04. The van der Waals surface area contributed by atoms with E-state index in [1.54, 1.807) is 0 Å². The molecule has 0 unspecified atom stereocenters. The molecule has 1 amide bonds. The number of carbonyl (C=O) groups is 1. The molecule has 0 fully saturated rings. The molecular weight excluding hydrogens is 324 g/mol. The van der Waals surface area contributed by atoms with Gasteiger partial charge in [-0.25, -0.2) is 13.6 Å². The van der Waals surface area contributed by atoms with Crippen LogP contribution in [-0.2, 0) is 10.0 Å². The number of benzene rings is 2. The summed E-state index contributed by atoms with van der Waals surface area (Å²) >= 11 is 5.80. The van der Waals surface area contributed by atoms with E-state index in [9.17, 15) is 13.2 Å². The SMILES string of the molecule is C[C@H](NC(=O)c1ccc(Cl)c(S(N)(=O)=O)c1)c1ccccc1. The Morgan fingerprint density at radius 3 is 2.41 bits per heavy atom. The largest absolute Gasteiger partial charge is 0.346 e. The second kappa shape index (κ2) is 6.48. The fourth-order valence-electron chi connectivity index (χ4n) is 1.97. The van der Waals surface area contributed by atoms with Gasteiger partial charge in [0.1, 0.15) is 4.90 Å². The average Bonchev–Trinajstić information content (AvgIpc) is 2.47. The molecule has 0 aliphatic rings. The number of sulfonamides is 1. The summed E-state index contributed by atoms with van der Waals surface area (Å²) in [5, 5.41) is 7.85. The first-order chi connectivity index (χ1) is 10.3. The summed E-state index contributed by atoms with van der Waals surface area (Å²) in [4.78, 5) is 12.0. The predicted molar refractivity (Wildman–Crippen MR) is 85.1 cm³/mol. The summed E-state index contributed by atoms with van der Waals surface area (Å²) in [6.07, 6.45) is 0. The third kappa shape index (κ3) is 3.85. The molecule has 0 heterocycles. The highest BCUT2D eigenvalue weighted by atomic mass is 35.5. The first-order valence-electron chi connectivity index (χ1n) is 6.47. The maximum absolute atomic E-state index is 12.2. The van der Waals surface area contributed by atoms with Crippen LogP contribution in [0.1, 0.15) is 28.9 Å². The van der Waals surface area contributed by atoms with Gasteiger partial charge in [0.05, 0.1) is 11.1 Å². The van der Waals surface area contributed by atoms with Crippen LogP contribution in [0.2, 0.25) is 5.02 Å². The summed E-state index contributed by atoms with van der Waals surface area (Å²) in [7, 11) is -3.98. The summed E-state index contributed by atoms with van der Waals surface area (Å²) in [6, 6.07) is 13.2. The van der Waals surface area contributed by atoms with Gasteiger partial charge in [-0.3, -0.25) is 4.79 Å². The lowest BCUT2D eigenvalue weighted by Crippen LogP contribution is -2.27. The van der Waals surface area contributed by atoms with Crippen molar-refractivity contribution in [3.8, 4) is 0 Å². The van der Waals surface area contributed by atoms with E-state index in [0.717, 1.165) is 5.56 Å². The first-order valence-corrected chi connectivity index (χ1v) is 8.39. The molecule has 0 spiro atoms. The lowest BCUT2D eigenvalue weighted by Gasteiger charge is -2.14. The molecule has 1 atom stereocenters. The highest BCUT2D eigenvalue weighted by molar-refractivity contribution is 7.89. The van der Waals surface area contributed by atoms with Crippen molar-refractivity contribution in [3.63, 3.8) is 0 Å². The van der Waals surface area contributed by atoms with E-state index in [-0.39, 0.29) is 21.5 Å². The molecule has 0 aliphatic heterocycles. The fraction of sp³-hybridized carbons (Fsp3) is 0.133.